The van der Waals surface area contributed by atoms with Gasteiger partial charge in [-0.25, -0.2) is 17.9 Å². The van der Waals surface area contributed by atoms with E-state index in [0.29, 0.717) is 5.69 Å². The largest absolute Gasteiger partial charge is 0.465 e. The first-order chi connectivity index (χ1) is 10.0. The van der Waals surface area contributed by atoms with Crippen LogP contribution in [0.4, 0.5) is 0 Å². The Morgan fingerprint density at radius 2 is 2.05 bits per heavy atom. The molecule has 0 aliphatic carbocycles. The Labute approximate surface area is 122 Å². The standard InChI is InChI=1S/C14H14N2O4S/c1-20-14(17)11-5-4-7-13(9-11)21(18,19)16-10-12-6-2-3-8-15-12/h2-9,16H,10H2,1H3. The molecule has 110 valence electrons. The molecule has 1 aromatic heterocycles. The molecule has 6 nitrogen and oxygen atoms in total. The molecule has 1 aromatic carbocycles. The lowest BCUT2D eigenvalue weighted by Gasteiger charge is -2.07. The maximum Gasteiger partial charge on any atom is 0.337 e. The summed E-state index contributed by atoms with van der Waals surface area (Å²) in [7, 11) is -2.48. The summed E-state index contributed by atoms with van der Waals surface area (Å²) >= 11 is 0. The zero-order valence-electron chi connectivity index (χ0n) is 11.3. The first-order valence-electron chi connectivity index (χ1n) is 6.11. The first-order valence-corrected chi connectivity index (χ1v) is 7.59. The third kappa shape index (κ3) is 3.87. The maximum atomic E-state index is 12.2. The summed E-state index contributed by atoms with van der Waals surface area (Å²) in [6.07, 6.45) is 1.58. The van der Waals surface area contributed by atoms with E-state index in [-0.39, 0.29) is 17.0 Å². The van der Waals surface area contributed by atoms with Gasteiger partial charge >= 0.3 is 5.97 Å². The molecule has 0 bridgehead atoms. The van der Waals surface area contributed by atoms with Crippen molar-refractivity contribution in [3.8, 4) is 0 Å². The fraction of sp³-hybridized carbons (Fsp3) is 0.143. The van der Waals surface area contributed by atoms with Gasteiger partial charge in [0.05, 0.1) is 29.8 Å². The van der Waals surface area contributed by atoms with Crippen molar-refractivity contribution in [2.45, 2.75) is 11.4 Å². The number of sulfonamides is 1. The number of hydrogen-bond acceptors (Lipinski definition) is 5. The fourth-order valence-corrected chi connectivity index (χ4v) is 2.71. The predicted molar refractivity (Wildman–Crippen MR) is 76.0 cm³/mol. The Balaban J connectivity index is 2.18. The van der Waals surface area contributed by atoms with E-state index in [4.69, 9.17) is 0 Å². The van der Waals surface area contributed by atoms with Crippen molar-refractivity contribution < 1.29 is 17.9 Å². The van der Waals surface area contributed by atoms with E-state index in [2.05, 4.69) is 14.4 Å². The SMILES string of the molecule is COC(=O)c1cccc(S(=O)(=O)NCc2ccccn2)c1. The molecule has 0 saturated carbocycles. The Morgan fingerprint density at radius 1 is 1.24 bits per heavy atom. The van der Waals surface area contributed by atoms with Crippen LogP contribution in [0.3, 0.4) is 0 Å². The summed E-state index contributed by atoms with van der Waals surface area (Å²) in [5, 5.41) is 0. The van der Waals surface area contributed by atoms with E-state index in [0.717, 1.165) is 0 Å². The van der Waals surface area contributed by atoms with Crippen LogP contribution >= 0.6 is 0 Å². The zero-order chi connectivity index (χ0) is 15.3. The lowest BCUT2D eigenvalue weighted by atomic mass is 10.2. The van der Waals surface area contributed by atoms with Gasteiger partial charge in [0.15, 0.2) is 0 Å². The van der Waals surface area contributed by atoms with Crippen LogP contribution < -0.4 is 4.72 Å². The van der Waals surface area contributed by atoms with Crippen LogP contribution in [0.5, 0.6) is 0 Å². The van der Waals surface area contributed by atoms with Crippen molar-refractivity contribution >= 4 is 16.0 Å². The van der Waals surface area contributed by atoms with Gasteiger partial charge in [0.2, 0.25) is 10.0 Å². The highest BCUT2D eigenvalue weighted by atomic mass is 32.2. The molecule has 0 amide bonds. The summed E-state index contributed by atoms with van der Waals surface area (Å²) in [5.74, 6) is -0.586. The number of pyridine rings is 1. The molecule has 0 aliphatic heterocycles. The topological polar surface area (TPSA) is 85.4 Å². The molecule has 0 spiro atoms. The normalized spacial score (nSPS) is 11.1. The number of nitrogens with zero attached hydrogens (tertiary/aromatic N) is 1. The van der Waals surface area contributed by atoms with Gasteiger partial charge in [-0.15, -0.1) is 0 Å². The number of carbonyl (C=O) groups is 1. The van der Waals surface area contributed by atoms with Crippen LogP contribution in [0.25, 0.3) is 0 Å². The van der Waals surface area contributed by atoms with Crippen LogP contribution in [0, 0.1) is 0 Å². The second-order valence-corrected chi connectivity index (χ2v) is 5.93. The molecular weight excluding hydrogens is 292 g/mol. The Hall–Kier alpha value is -2.25. The highest BCUT2D eigenvalue weighted by molar-refractivity contribution is 7.89. The zero-order valence-corrected chi connectivity index (χ0v) is 12.1. The van der Waals surface area contributed by atoms with Crippen LogP contribution in [0.2, 0.25) is 0 Å². The monoisotopic (exact) mass is 306 g/mol. The van der Waals surface area contributed by atoms with E-state index in [1.807, 2.05) is 0 Å². The van der Waals surface area contributed by atoms with Gasteiger partial charge in [-0.3, -0.25) is 4.98 Å². The number of rotatable bonds is 5. The Bertz CT molecular complexity index is 730. The van der Waals surface area contributed by atoms with Gasteiger partial charge in [-0.2, -0.15) is 0 Å². The molecule has 0 saturated heterocycles. The number of aromatic nitrogens is 1. The molecule has 0 unspecified atom stereocenters. The minimum absolute atomic E-state index is 0.00123. The first kappa shape index (κ1) is 15.1. The van der Waals surface area contributed by atoms with Gasteiger partial charge in [-0.1, -0.05) is 12.1 Å². The maximum absolute atomic E-state index is 12.2. The van der Waals surface area contributed by atoms with Gasteiger partial charge in [0.1, 0.15) is 0 Å². The predicted octanol–water partition coefficient (Wildman–Crippen LogP) is 1.35. The highest BCUT2D eigenvalue weighted by Gasteiger charge is 2.16. The van der Waals surface area contributed by atoms with Crippen molar-refractivity contribution in [3.63, 3.8) is 0 Å². The number of ether oxygens (including phenoxy) is 1. The number of carbonyl (C=O) groups excluding carboxylic acids is 1. The summed E-state index contributed by atoms with van der Waals surface area (Å²) in [6.45, 7) is 0.0750. The van der Waals surface area contributed by atoms with E-state index < -0.39 is 16.0 Å². The van der Waals surface area contributed by atoms with Crippen molar-refractivity contribution in [2.24, 2.45) is 0 Å². The van der Waals surface area contributed by atoms with Gasteiger partial charge in [-0.05, 0) is 30.3 Å². The van der Waals surface area contributed by atoms with E-state index in [1.54, 1.807) is 24.4 Å². The van der Waals surface area contributed by atoms with Crippen molar-refractivity contribution in [3.05, 3.63) is 59.9 Å². The fourth-order valence-electron chi connectivity index (χ4n) is 1.66. The number of benzene rings is 1. The molecule has 7 heteroatoms. The second kappa shape index (κ2) is 6.47. The van der Waals surface area contributed by atoms with Gasteiger partial charge in [0.25, 0.3) is 0 Å². The number of esters is 1. The average Bonchev–Trinajstić information content (AvgIpc) is 2.53. The lowest BCUT2D eigenvalue weighted by Crippen LogP contribution is -2.24. The summed E-state index contributed by atoms with van der Waals surface area (Å²) < 4.78 is 31.4. The summed E-state index contributed by atoms with van der Waals surface area (Å²) in [4.78, 5) is 15.5. The number of methoxy groups -OCH3 is 1. The molecule has 2 rings (SSSR count). The quantitative estimate of drug-likeness (QED) is 0.843. The molecule has 0 aliphatic rings. The second-order valence-electron chi connectivity index (χ2n) is 4.17. The highest BCUT2D eigenvalue weighted by Crippen LogP contribution is 2.12. The third-order valence-electron chi connectivity index (χ3n) is 2.73. The molecule has 0 atom stereocenters. The van der Waals surface area contributed by atoms with E-state index in [9.17, 15) is 13.2 Å². The van der Waals surface area contributed by atoms with Gasteiger partial charge in [0, 0.05) is 6.20 Å². The molecule has 0 fully saturated rings. The molecule has 2 aromatic rings. The van der Waals surface area contributed by atoms with Crippen molar-refractivity contribution in [2.75, 3.05) is 7.11 Å². The van der Waals surface area contributed by atoms with Crippen LogP contribution in [-0.2, 0) is 21.3 Å². The smallest absolute Gasteiger partial charge is 0.337 e. The Kier molecular flexibility index (Phi) is 4.66. The summed E-state index contributed by atoms with van der Waals surface area (Å²) in [6, 6.07) is 10.9. The Morgan fingerprint density at radius 3 is 2.71 bits per heavy atom. The number of nitrogens with one attached hydrogen (secondary N) is 1. The van der Waals surface area contributed by atoms with Crippen LogP contribution in [0.1, 0.15) is 16.1 Å². The molecule has 1 N–H and O–H groups in total. The average molecular weight is 306 g/mol. The van der Waals surface area contributed by atoms with Crippen LogP contribution in [0.15, 0.2) is 53.6 Å². The molecule has 0 radical (unpaired) electrons. The van der Waals surface area contributed by atoms with E-state index in [1.165, 1.54) is 31.4 Å². The van der Waals surface area contributed by atoms with E-state index >= 15 is 0 Å². The third-order valence-corrected chi connectivity index (χ3v) is 4.13. The van der Waals surface area contributed by atoms with Crippen LogP contribution in [-0.4, -0.2) is 26.5 Å². The van der Waals surface area contributed by atoms with Crippen molar-refractivity contribution in [1.82, 2.24) is 9.71 Å². The minimum Gasteiger partial charge on any atom is -0.465 e. The minimum atomic E-state index is -3.72. The molecular formula is C14H14N2O4S. The number of hydrogen-bond donors (Lipinski definition) is 1. The van der Waals surface area contributed by atoms with Crippen molar-refractivity contribution in [1.29, 1.82) is 0 Å². The molecule has 1 heterocycles. The lowest BCUT2D eigenvalue weighted by molar-refractivity contribution is 0.0600. The molecule has 21 heavy (non-hydrogen) atoms. The van der Waals surface area contributed by atoms with Gasteiger partial charge < -0.3 is 4.74 Å². The summed E-state index contributed by atoms with van der Waals surface area (Å²) in [5.41, 5.74) is 0.781.